The molecule has 1 heterocycles. The van der Waals surface area contributed by atoms with E-state index in [4.69, 9.17) is 5.73 Å². The van der Waals surface area contributed by atoms with Crippen LogP contribution in [-0.2, 0) is 17.1 Å². The van der Waals surface area contributed by atoms with E-state index in [9.17, 15) is 10.1 Å². The molecule has 0 aliphatic heterocycles. The smallest absolute Gasteiger partial charge is 0.270 e. The Hall–Kier alpha value is -3.28. The van der Waals surface area contributed by atoms with Gasteiger partial charge in [0.2, 0.25) is 5.95 Å². The summed E-state index contributed by atoms with van der Waals surface area (Å²) in [7, 11) is 0. The fourth-order valence-electron chi connectivity index (χ4n) is 2.41. The molecule has 0 radical (unpaired) electrons. The third kappa shape index (κ3) is 5.34. The van der Waals surface area contributed by atoms with Crippen molar-refractivity contribution in [2.24, 2.45) is 0 Å². The molecular formula is C20H16FeN4O2-6. The zero-order valence-electron chi connectivity index (χ0n) is 14.2. The van der Waals surface area contributed by atoms with Gasteiger partial charge in [-0.25, -0.2) is 9.97 Å². The molecule has 3 aromatic carbocycles. The van der Waals surface area contributed by atoms with E-state index in [0.717, 1.165) is 5.56 Å². The Kier molecular flexibility index (Phi) is 7.00. The van der Waals surface area contributed by atoms with Gasteiger partial charge in [0.05, 0.1) is 4.92 Å². The Morgan fingerprint density at radius 2 is 1.59 bits per heavy atom. The van der Waals surface area contributed by atoms with Crippen molar-refractivity contribution in [2.75, 3.05) is 5.73 Å². The fraction of sp³-hybridized carbons (Fsp3) is 0. The minimum atomic E-state index is -0.438. The number of benzene rings is 1. The summed E-state index contributed by atoms with van der Waals surface area (Å²) in [5, 5.41) is 10.9. The first-order valence-electron chi connectivity index (χ1n) is 7.91. The van der Waals surface area contributed by atoms with Crippen molar-refractivity contribution >= 4 is 11.6 Å². The van der Waals surface area contributed by atoms with Crippen LogP contribution in [0.1, 0.15) is 0 Å². The third-order valence-corrected chi connectivity index (χ3v) is 3.61. The van der Waals surface area contributed by atoms with Crippen molar-refractivity contribution in [1.82, 2.24) is 9.97 Å². The molecule has 7 heteroatoms. The Bertz CT molecular complexity index is 966. The molecule has 0 aliphatic rings. The van der Waals surface area contributed by atoms with Gasteiger partial charge in [0.25, 0.3) is 5.69 Å². The van der Waals surface area contributed by atoms with Crippen molar-refractivity contribution in [3.8, 4) is 22.5 Å². The fourth-order valence-corrected chi connectivity index (χ4v) is 2.41. The quantitative estimate of drug-likeness (QED) is 0.238. The van der Waals surface area contributed by atoms with Gasteiger partial charge in [-0.05, 0) is 11.3 Å². The van der Waals surface area contributed by atoms with E-state index < -0.39 is 4.92 Å². The number of hydrogen-bond donors (Lipinski definition) is 1. The minimum Gasteiger partial charge on any atom is -0.748 e. The molecule has 1 aromatic heterocycles. The van der Waals surface area contributed by atoms with Gasteiger partial charge in [0.15, 0.2) is 0 Å². The molecule has 0 bridgehead atoms. The van der Waals surface area contributed by atoms with E-state index in [-0.39, 0.29) is 28.7 Å². The first kappa shape index (κ1) is 20.0. The summed E-state index contributed by atoms with van der Waals surface area (Å²) in [5.74, 6) is 0.134. The standard InChI is InChI=1S/C15H11N4O2.C5H5.Fe/c16-15-17-13(10-4-1-2-5-10)9-14(18-15)11-6-3-7-12(8-11)19(20)21;1-2-4-5-3-1;/h1-9H,(H2,16,17,18);1-5H;/q-1;-5;. The zero-order valence-corrected chi connectivity index (χ0v) is 15.3. The summed E-state index contributed by atoms with van der Waals surface area (Å²) in [4.78, 5) is 18.8. The number of rotatable bonds is 3. The molecule has 0 atom stereocenters. The maximum atomic E-state index is 10.9. The van der Waals surface area contributed by atoms with Crippen molar-refractivity contribution in [2.45, 2.75) is 0 Å². The summed E-state index contributed by atoms with van der Waals surface area (Å²) in [6, 6.07) is 25.7. The minimum absolute atomic E-state index is 0. The Labute approximate surface area is 167 Å². The summed E-state index contributed by atoms with van der Waals surface area (Å²) in [6.07, 6.45) is 0. The molecular weight excluding hydrogens is 384 g/mol. The molecule has 27 heavy (non-hydrogen) atoms. The number of nitrogen functional groups attached to an aromatic ring is 1. The van der Waals surface area contributed by atoms with Crippen molar-refractivity contribution in [3.05, 3.63) is 95.0 Å². The van der Waals surface area contributed by atoms with Crippen molar-refractivity contribution < 1.29 is 22.0 Å². The van der Waals surface area contributed by atoms with Gasteiger partial charge in [-0.15, -0.1) is 12.1 Å². The van der Waals surface area contributed by atoms with Crippen LogP contribution in [0.15, 0.2) is 84.9 Å². The van der Waals surface area contributed by atoms with Crippen LogP contribution >= 0.6 is 0 Å². The average Bonchev–Trinajstić information content (AvgIpc) is 3.37. The van der Waals surface area contributed by atoms with Crippen LogP contribution in [-0.4, -0.2) is 14.9 Å². The molecule has 0 saturated carbocycles. The number of aromatic nitrogens is 2. The molecule has 0 amide bonds. The molecule has 0 aliphatic carbocycles. The van der Waals surface area contributed by atoms with E-state index in [0.29, 0.717) is 17.0 Å². The topological polar surface area (TPSA) is 94.9 Å². The third-order valence-electron chi connectivity index (χ3n) is 3.61. The SMILES string of the molecule is Nc1nc(-c2cccc([N+](=O)[O-])c2)cc(-[c-]2cccc2)n1.[Fe].[cH-]1[cH-][cH-][cH-][cH-]1. The number of nitro groups is 1. The molecule has 6 nitrogen and oxygen atoms in total. The number of nitro benzene ring substituents is 1. The van der Waals surface area contributed by atoms with E-state index in [1.807, 2.05) is 54.6 Å². The van der Waals surface area contributed by atoms with Gasteiger partial charge in [-0.1, -0.05) is 23.8 Å². The molecule has 0 spiro atoms. The summed E-state index contributed by atoms with van der Waals surface area (Å²) in [6.45, 7) is 0. The predicted octanol–water partition coefficient (Wildman–Crippen LogP) is 4.42. The van der Waals surface area contributed by atoms with Crippen LogP contribution in [0.2, 0.25) is 0 Å². The summed E-state index contributed by atoms with van der Waals surface area (Å²) in [5.41, 5.74) is 8.56. The van der Waals surface area contributed by atoms with Crippen LogP contribution < -0.4 is 5.73 Å². The number of non-ortho nitro benzene ring substituents is 1. The molecule has 4 rings (SSSR count). The number of anilines is 1. The van der Waals surface area contributed by atoms with Gasteiger partial charge >= 0.3 is 0 Å². The largest absolute Gasteiger partial charge is 0.748 e. The van der Waals surface area contributed by atoms with Crippen LogP contribution in [0.25, 0.3) is 22.5 Å². The monoisotopic (exact) mass is 400 g/mol. The molecule has 0 fully saturated rings. The maximum absolute atomic E-state index is 10.9. The predicted molar refractivity (Wildman–Crippen MR) is 102 cm³/mol. The van der Waals surface area contributed by atoms with Crippen molar-refractivity contribution in [3.63, 3.8) is 0 Å². The van der Waals surface area contributed by atoms with Gasteiger partial charge < -0.3 is 36.1 Å². The molecule has 0 saturated heterocycles. The molecule has 4 aromatic rings. The van der Waals surface area contributed by atoms with Gasteiger partial charge in [-0.3, -0.25) is 10.1 Å². The first-order valence-corrected chi connectivity index (χ1v) is 7.91. The van der Waals surface area contributed by atoms with Gasteiger partial charge in [-0.2, -0.15) is 12.1 Å². The molecule has 2 N–H and O–H groups in total. The van der Waals surface area contributed by atoms with E-state index >= 15 is 0 Å². The van der Waals surface area contributed by atoms with E-state index in [2.05, 4.69) is 9.97 Å². The second kappa shape index (κ2) is 9.43. The zero-order chi connectivity index (χ0) is 18.4. The summed E-state index contributed by atoms with van der Waals surface area (Å²) >= 11 is 0. The number of nitrogens with two attached hydrogens (primary N) is 1. The van der Waals surface area contributed by atoms with Crippen LogP contribution in [0.5, 0.6) is 0 Å². The second-order valence-corrected chi connectivity index (χ2v) is 5.44. The first-order chi connectivity index (χ1) is 12.6. The van der Waals surface area contributed by atoms with E-state index in [1.165, 1.54) is 12.1 Å². The Morgan fingerprint density at radius 3 is 2.19 bits per heavy atom. The van der Waals surface area contributed by atoms with Crippen LogP contribution in [0.4, 0.5) is 11.6 Å². The van der Waals surface area contributed by atoms with Crippen molar-refractivity contribution in [1.29, 1.82) is 0 Å². The molecule has 142 valence electrons. The van der Waals surface area contributed by atoms with Gasteiger partial charge in [0.1, 0.15) is 0 Å². The number of nitrogens with zero attached hydrogens (tertiary/aromatic N) is 3. The van der Waals surface area contributed by atoms with Gasteiger partial charge in [0, 0.05) is 34.9 Å². The summed E-state index contributed by atoms with van der Waals surface area (Å²) < 4.78 is 0. The maximum Gasteiger partial charge on any atom is 0.270 e. The van der Waals surface area contributed by atoms with Crippen LogP contribution in [0.3, 0.4) is 0 Å². The average molecular weight is 400 g/mol. The van der Waals surface area contributed by atoms with E-state index in [1.54, 1.807) is 18.2 Å². The Morgan fingerprint density at radius 1 is 0.963 bits per heavy atom. The number of hydrogen-bond acceptors (Lipinski definition) is 5. The Balaban J connectivity index is 0.000000379. The second-order valence-electron chi connectivity index (χ2n) is 5.44. The molecule has 0 unspecified atom stereocenters. The normalized spacial score (nSPS) is 9.63. The van der Waals surface area contributed by atoms with Crippen LogP contribution in [0, 0.1) is 10.1 Å².